The quantitative estimate of drug-likeness (QED) is 0.459. The lowest BCUT2D eigenvalue weighted by Gasteiger charge is -2.09. The summed E-state index contributed by atoms with van der Waals surface area (Å²) in [5, 5.41) is 0. The summed E-state index contributed by atoms with van der Waals surface area (Å²) in [7, 11) is 0. The minimum Gasteiger partial charge on any atom is -0.462 e. The molecule has 0 unspecified atom stereocenters. The first-order valence-corrected chi connectivity index (χ1v) is 9.87. The first kappa shape index (κ1) is 19.7. The molecule has 3 aromatic heterocycles. The summed E-state index contributed by atoms with van der Waals surface area (Å²) < 4.78 is 13.7. The van der Waals surface area contributed by atoms with E-state index in [0.717, 1.165) is 11.1 Å². The van der Waals surface area contributed by atoms with Crippen LogP contribution in [0.1, 0.15) is 45.7 Å². The van der Waals surface area contributed by atoms with Crippen LogP contribution in [0, 0.1) is 6.92 Å². The van der Waals surface area contributed by atoms with Crippen molar-refractivity contribution in [3.05, 3.63) is 75.1 Å². The highest BCUT2D eigenvalue weighted by molar-refractivity contribution is 6.14. The zero-order valence-corrected chi connectivity index (χ0v) is 17.1. The van der Waals surface area contributed by atoms with Gasteiger partial charge in [0.1, 0.15) is 22.3 Å². The van der Waals surface area contributed by atoms with Crippen molar-refractivity contribution in [3.63, 3.8) is 0 Å². The number of rotatable bonds is 6. The van der Waals surface area contributed by atoms with Gasteiger partial charge in [-0.3, -0.25) is 13.8 Å². The second kappa shape index (κ2) is 7.67. The Kier molecular flexibility index (Phi) is 5.03. The molecule has 0 spiro atoms. The Hall–Kier alpha value is -3.61. The lowest BCUT2D eigenvalue weighted by molar-refractivity contribution is 0.0483. The molecule has 7 heteroatoms. The summed E-state index contributed by atoms with van der Waals surface area (Å²) in [6.07, 6.45) is 0. The molecule has 0 radical (unpaired) electrons. The summed E-state index contributed by atoms with van der Waals surface area (Å²) >= 11 is 0. The van der Waals surface area contributed by atoms with Crippen molar-refractivity contribution in [1.29, 1.82) is 0 Å². The van der Waals surface area contributed by atoms with Gasteiger partial charge in [0.05, 0.1) is 25.3 Å². The molecule has 0 aliphatic rings. The first-order chi connectivity index (χ1) is 14.5. The molecular weight excluding hydrogens is 384 g/mol. The highest BCUT2D eigenvalue weighted by Crippen LogP contribution is 2.30. The van der Waals surface area contributed by atoms with E-state index < -0.39 is 11.9 Å². The largest absolute Gasteiger partial charge is 0.462 e. The number of nitrogens with zero attached hydrogens (tertiary/aromatic N) is 2. The van der Waals surface area contributed by atoms with Gasteiger partial charge in [-0.15, -0.1) is 0 Å². The Labute approximate surface area is 172 Å². The van der Waals surface area contributed by atoms with E-state index >= 15 is 0 Å². The molecule has 0 bridgehead atoms. The molecule has 154 valence electrons. The fraction of sp³-hybridized carbons (Fsp3) is 0.261. The maximum Gasteiger partial charge on any atom is 0.341 e. The van der Waals surface area contributed by atoms with E-state index in [1.54, 1.807) is 28.9 Å². The summed E-state index contributed by atoms with van der Waals surface area (Å²) in [4.78, 5) is 39.1. The number of carbonyl (C=O) groups is 2. The second-order valence-corrected chi connectivity index (χ2v) is 6.98. The van der Waals surface area contributed by atoms with Gasteiger partial charge in [0, 0.05) is 0 Å². The van der Waals surface area contributed by atoms with Gasteiger partial charge in [0.25, 0.3) is 5.56 Å². The summed E-state index contributed by atoms with van der Waals surface area (Å²) in [5.74, 6) is -1.36. The third-order valence-corrected chi connectivity index (χ3v) is 5.11. The van der Waals surface area contributed by atoms with Gasteiger partial charge < -0.3 is 9.47 Å². The van der Waals surface area contributed by atoms with Crippen LogP contribution >= 0.6 is 0 Å². The van der Waals surface area contributed by atoms with Crippen molar-refractivity contribution in [1.82, 2.24) is 8.97 Å². The molecule has 1 aromatic carbocycles. The van der Waals surface area contributed by atoms with E-state index in [-0.39, 0.29) is 35.4 Å². The van der Waals surface area contributed by atoms with E-state index in [9.17, 15) is 14.4 Å². The van der Waals surface area contributed by atoms with Crippen LogP contribution in [-0.4, -0.2) is 34.1 Å². The van der Waals surface area contributed by atoms with Crippen LogP contribution in [0.2, 0.25) is 0 Å². The molecule has 0 aliphatic carbocycles. The van der Waals surface area contributed by atoms with Gasteiger partial charge in [-0.05, 0) is 38.0 Å². The number of aromatic nitrogens is 2. The molecule has 4 rings (SSSR count). The van der Waals surface area contributed by atoms with Crippen LogP contribution in [0.4, 0.5) is 0 Å². The molecule has 30 heavy (non-hydrogen) atoms. The minimum absolute atomic E-state index is 0.0392. The van der Waals surface area contributed by atoms with Gasteiger partial charge in [0.2, 0.25) is 0 Å². The van der Waals surface area contributed by atoms with Crippen LogP contribution in [0.25, 0.3) is 16.7 Å². The maximum absolute atomic E-state index is 13.5. The Morgan fingerprint density at radius 1 is 0.900 bits per heavy atom. The first-order valence-electron chi connectivity index (χ1n) is 9.87. The van der Waals surface area contributed by atoms with Crippen molar-refractivity contribution in [2.75, 3.05) is 13.2 Å². The van der Waals surface area contributed by atoms with Gasteiger partial charge >= 0.3 is 11.9 Å². The fourth-order valence-corrected chi connectivity index (χ4v) is 3.91. The number of aryl methyl sites for hydroxylation is 1. The predicted octanol–water partition coefficient (Wildman–Crippen LogP) is 3.40. The molecule has 0 atom stereocenters. The normalized spacial score (nSPS) is 11.3. The van der Waals surface area contributed by atoms with Crippen LogP contribution in [0.5, 0.6) is 0 Å². The SMILES string of the molecule is CCOC(=O)c1c(C(=O)OCC)c2c(=O)n(Cc3ccccc3)c3c(C)ccc1n23. The van der Waals surface area contributed by atoms with E-state index in [1.165, 1.54) is 0 Å². The Morgan fingerprint density at radius 2 is 1.53 bits per heavy atom. The average Bonchev–Trinajstić information content (AvgIpc) is 3.22. The molecule has 0 N–H and O–H groups in total. The molecule has 7 nitrogen and oxygen atoms in total. The van der Waals surface area contributed by atoms with Crippen molar-refractivity contribution in [3.8, 4) is 0 Å². The lowest BCUT2D eigenvalue weighted by atomic mass is 10.1. The number of hydrogen-bond acceptors (Lipinski definition) is 5. The van der Waals surface area contributed by atoms with Crippen molar-refractivity contribution in [2.24, 2.45) is 0 Å². The number of pyridine rings is 1. The number of ether oxygens (including phenoxy) is 2. The highest BCUT2D eigenvalue weighted by atomic mass is 16.5. The number of esters is 2. The fourth-order valence-electron chi connectivity index (χ4n) is 3.91. The van der Waals surface area contributed by atoms with E-state index in [4.69, 9.17) is 9.47 Å². The number of hydrogen-bond donors (Lipinski definition) is 0. The number of benzene rings is 1. The molecule has 4 aromatic rings. The Balaban J connectivity index is 2.08. The third-order valence-electron chi connectivity index (χ3n) is 5.11. The van der Waals surface area contributed by atoms with Crippen molar-refractivity contribution in [2.45, 2.75) is 27.3 Å². The smallest absolute Gasteiger partial charge is 0.341 e. The topological polar surface area (TPSA) is 79.0 Å². The van der Waals surface area contributed by atoms with Crippen LogP contribution in [0.3, 0.4) is 0 Å². The zero-order valence-electron chi connectivity index (χ0n) is 17.1. The maximum atomic E-state index is 13.5. The Morgan fingerprint density at radius 3 is 2.17 bits per heavy atom. The zero-order chi connectivity index (χ0) is 21.4. The van der Waals surface area contributed by atoms with E-state index in [1.807, 2.05) is 43.3 Å². The third kappa shape index (κ3) is 2.94. The summed E-state index contributed by atoms with van der Waals surface area (Å²) in [6.45, 7) is 5.88. The van der Waals surface area contributed by atoms with Crippen LogP contribution in [-0.2, 0) is 16.0 Å². The molecule has 0 aliphatic heterocycles. The van der Waals surface area contributed by atoms with Crippen LogP contribution < -0.4 is 5.56 Å². The predicted molar refractivity (Wildman–Crippen MR) is 113 cm³/mol. The van der Waals surface area contributed by atoms with Gasteiger partial charge in [0.15, 0.2) is 0 Å². The lowest BCUT2D eigenvalue weighted by Crippen LogP contribution is -2.20. The van der Waals surface area contributed by atoms with Crippen LogP contribution in [0.15, 0.2) is 47.3 Å². The van der Waals surface area contributed by atoms with E-state index in [0.29, 0.717) is 17.7 Å². The molecule has 0 saturated carbocycles. The van der Waals surface area contributed by atoms with Gasteiger partial charge in [-0.2, -0.15) is 0 Å². The molecule has 0 saturated heterocycles. The standard InChI is InChI=1S/C23H22N2O5/c1-4-29-22(27)17-16-12-11-14(3)20-24(13-15-9-7-6-8-10-15)21(26)19(25(16)20)18(17)23(28)30-5-2/h6-12H,4-5,13H2,1-3H3. The summed E-state index contributed by atoms with van der Waals surface area (Å²) in [6, 6.07) is 13.2. The Bertz CT molecular complexity index is 1300. The van der Waals surface area contributed by atoms with Gasteiger partial charge in [-0.1, -0.05) is 36.4 Å². The monoisotopic (exact) mass is 406 g/mol. The van der Waals surface area contributed by atoms with Crippen molar-refractivity contribution < 1.29 is 19.1 Å². The van der Waals surface area contributed by atoms with E-state index in [2.05, 4.69) is 0 Å². The summed E-state index contributed by atoms with van der Waals surface area (Å²) in [5.41, 5.74) is 2.72. The molecule has 0 fully saturated rings. The molecular formula is C23H22N2O5. The highest BCUT2D eigenvalue weighted by Gasteiger charge is 2.33. The van der Waals surface area contributed by atoms with Gasteiger partial charge in [-0.25, -0.2) is 9.59 Å². The molecule has 3 heterocycles. The van der Waals surface area contributed by atoms with Crippen molar-refractivity contribution >= 4 is 28.6 Å². The molecule has 0 amide bonds. The minimum atomic E-state index is -0.710. The number of imidazole rings is 1. The second-order valence-electron chi connectivity index (χ2n) is 6.98. The average molecular weight is 406 g/mol. The number of carbonyl (C=O) groups excluding carboxylic acids is 2.